The van der Waals surface area contributed by atoms with Crippen LogP contribution in [0, 0.1) is 0 Å². The fourth-order valence-electron chi connectivity index (χ4n) is 3.76. The second-order valence-corrected chi connectivity index (χ2v) is 7.91. The first-order chi connectivity index (χ1) is 14.9. The number of ether oxygens (including phenoxy) is 3. The minimum Gasteiger partial charge on any atom is -0.465 e. The van der Waals surface area contributed by atoms with E-state index in [4.69, 9.17) is 14.2 Å². The van der Waals surface area contributed by atoms with Gasteiger partial charge in [-0.1, -0.05) is 18.2 Å². The molecule has 5 atom stereocenters. The van der Waals surface area contributed by atoms with Gasteiger partial charge in [0, 0.05) is 0 Å². The monoisotopic (exact) mass is 430 g/mol. The lowest BCUT2D eigenvalue weighted by Crippen LogP contribution is -2.60. The van der Waals surface area contributed by atoms with Crippen molar-refractivity contribution in [3.05, 3.63) is 53.6 Å². The lowest BCUT2D eigenvalue weighted by molar-refractivity contribution is -0.277. The summed E-state index contributed by atoms with van der Waals surface area (Å²) in [5.41, 5.74) is 3.29. The molecule has 1 aliphatic heterocycles. The minimum atomic E-state index is -1.49. The first-order valence-electron chi connectivity index (χ1n) is 10.2. The number of hydrogen-bond acceptors (Lipinski definition) is 8. The van der Waals surface area contributed by atoms with Crippen molar-refractivity contribution < 1.29 is 39.4 Å². The molecule has 2 fully saturated rings. The lowest BCUT2D eigenvalue weighted by atomic mass is 9.98. The van der Waals surface area contributed by atoms with E-state index >= 15 is 0 Å². The highest BCUT2D eigenvalue weighted by Crippen LogP contribution is 2.46. The molecule has 31 heavy (non-hydrogen) atoms. The molecule has 0 spiro atoms. The maximum absolute atomic E-state index is 11.6. The molecule has 8 nitrogen and oxygen atoms in total. The van der Waals surface area contributed by atoms with Gasteiger partial charge in [0.15, 0.2) is 0 Å². The number of rotatable bonds is 6. The average Bonchev–Trinajstić information content (AvgIpc) is 3.64. The molecule has 4 N–H and O–H groups in total. The molecule has 0 bridgehead atoms. The van der Waals surface area contributed by atoms with E-state index in [0.29, 0.717) is 17.2 Å². The van der Waals surface area contributed by atoms with E-state index in [-0.39, 0.29) is 0 Å². The zero-order chi connectivity index (χ0) is 22.1. The van der Waals surface area contributed by atoms with Crippen LogP contribution in [-0.4, -0.2) is 70.8 Å². The maximum atomic E-state index is 11.6. The van der Waals surface area contributed by atoms with Crippen molar-refractivity contribution in [2.24, 2.45) is 0 Å². The topological polar surface area (TPSA) is 126 Å². The van der Waals surface area contributed by atoms with E-state index in [0.717, 1.165) is 29.5 Å². The molecule has 2 aromatic carbocycles. The molecule has 166 valence electrons. The standard InChI is InChI=1S/C23H26O8/c1-29-22(28)14-6-2-12(3-7-14)15-8-9-17(16(10-15)13-4-5-13)30-23-21(27)20(26)19(25)18(11-24)31-23/h2-3,6-10,13,18-21,23-27H,4-5,11H2,1H3/t18-,19-,20+,21+,23+/m1/s1. The molecule has 4 rings (SSSR count). The van der Waals surface area contributed by atoms with Crippen LogP contribution in [0.5, 0.6) is 5.75 Å². The molecular weight excluding hydrogens is 404 g/mol. The van der Waals surface area contributed by atoms with Gasteiger partial charge in [-0.15, -0.1) is 0 Å². The van der Waals surface area contributed by atoms with E-state index < -0.39 is 43.3 Å². The largest absolute Gasteiger partial charge is 0.465 e. The Labute approximate surface area is 179 Å². The normalized spacial score (nSPS) is 28.2. The van der Waals surface area contributed by atoms with Crippen LogP contribution >= 0.6 is 0 Å². The van der Waals surface area contributed by atoms with E-state index in [2.05, 4.69) is 0 Å². The fraction of sp³-hybridized carbons (Fsp3) is 0.435. The van der Waals surface area contributed by atoms with Crippen LogP contribution in [0.25, 0.3) is 11.1 Å². The number of methoxy groups -OCH3 is 1. The zero-order valence-corrected chi connectivity index (χ0v) is 17.0. The van der Waals surface area contributed by atoms with E-state index in [1.54, 1.807) is 18.2 Å². The summed E-state index contributed by atoms with van der Waals surface area (Å²) in [6, 6.07) is 12.7. The van der Waals surface area contributed by atoms with Crippen LogP contribution in [0.3, 0.4) is 0 Å². The van der Waals surface area contributed by atoms with Crippen LogP contribution < -0.4 is 4.74 Å². The van der Waals surface area contributed by atoms with E-state index in [1.165, 1.54) is 7.11 Å². The summed E-state index contributed by atoms with van der Waals surface area (Å²) in [4.78, 5) is 11.6. The van der Waals surface area contributed by atoms with Crippen molar-refractivity contribution in [1.82, 2.24) is 0 Å². The van der Waals surface area contributed by atoms with E-state index in [1.807, 2.05) is 24.3 Å². The summed E-state index contributed by atoms with van der Waals surface area (Å²) in [7, 11) is 1.34. The molecule has 1 heterocycles. The average molecular weight is 430 g/mol. The smallest absolute Gasteiger partial charge is 0.337 e. The van der Waals surface area contributed by atoms with Crippen LogP contribution in [-0.2, 0) is 9.47 Å². The van der Waals surface area contributed by atoms with Crippen molar-refractivity contribution in [3.63, 3.8) is 0 Å². The molecule has 8 heteroatoms. The Hall–Kier alpha value is -2.49. The molecule has 0 amide bonds. The Morgan fingerprint density at radius 1 is 1.00 bits per heavy atom. The quantitative estimate of drug-likeness (QED) is 0.504. The first-order valence-corrected chi connectivity index (χ1v) is 10.2. The first kappa shape index (κ1) is 21.7. The highest BCUT2D eigenvalue weighted by atomic mass is 16.7. The highest BCUT2D eigenvalue weighted by Gasteiger charge is 2.45. The van der Waals surface area contributed by atoms with Gasteiger partial charge in [-0.25, -0.2) is 4.79 Å². The molecule has 0 unspecified atom stereocenters. The van der Waals surface area contributed by atoms with Gasteiger partial charge in [0.25, 0.3) is 0 Å². The number of esters is 1. The number of aliphatic hydroxyl groups excluding tert-OH is 4. The van der Waals surface area contributed by atoms with Crippen molar-refractivity contribution in [3.8, 4) is 16.9 Å². The molecule has 0 radical (unpaired) electrons. The lowest BCUT2D eigenvalue weighted by Gasteiger charge is -2.39. The summed E-state index contributed by atoms with van der Waals surface area (Å²) in [5, 5.41) is 39.6. The van der Waals surface area contributed by atoms with Crippen molar-refractivity contribution in [2.45, 2.75) is 49.5 Å². The summed E-state index contributed by atoms with van der Waals surface area (Å²) in [6.07, 6.45) is -4.62. The maximum Gasteiger partial charge on any atom is 0.337 e. The zero-order valence-electron chi connectivity index (χ0n) is 17.0. The van der Waals surface area contributed by atoms with Gasteiger partial charge in [0.1, 0.15) is 30.2 Å². The second-order valence-electron chi connectivity index (χ2n) is 7.91. The number of carbonyl (C=O) groups excluding carboxylic acids is 1. The van der Waals surface area contributed by atoms with Crippen molar-refractivity contribution >= 4 is 5.97 Å². The summed E-state index contributed by atoms with van der Waals surface area (Å²) >= 11 is 0. The van der Waals surface area contributed by atoms with Crippen LogP contribution in [0.2, 0.25) is 0 Å². The van der Waals surface area contributed by atoms with Crippen molar-refractivity contribution in [2.75, 3.05) is 13.7 Å². The van der Waals surface area contributed by atoms with Gasteiger partial charge in [-0.05, 0) is 59.7 Å². The number of benzene rings is 2. The molecular formula is C23H26O8. The van der Waals surface area contributed by atoms with E-state index in [9.17, 15) is 25.2 Å². The number of aliphatic hydroxyl groups is 4. The SMILES string of the molecule is COC(=O)c1ccc(-c2ccc(O[C@H]3O[C@H](CO)[C@@H](O)[C@H](O)[C@@H]3O)c(C3CC3)c2)cc1. The Morgan fingerprint density at radius 3 is 2.29 bits per heavy atom. The van der Waals surface area contributed by atoms with Crippen LogP contribution in [0.4, 0.5) is 0 Å². The minimum absolute atomic E-state index is 0.314. The summed E-state index contributed by atoms with van der Waals surface area (Å²) < 4.78 is 16.1. The third-order valence-corrected chi connectivity index (χ3v) is 5.76. The number of carbonyl (C=O) groups is 1. The molecule has 1 saturated heterocycles. The Kier molecular flexibility index (Phi) is 6.27. The van der Waals surface area contributed by atoms with Crippen molar-refractivity contribution in [1.29, 1.82) is 0 Å². The van der Waals surface area contributed by atoms with Gasteiger partial charge in [0.05, 0.1) is 19.3 Å². The Bertz CT molecular complexity index is 922. The third-order valence-electron chi connectivity index (χ3n) is 5.76. The second kappa shape index (κ2) is 8.94. The Morgan fingerprint density at radius 2 is 1.68 bits per heavy atom. The van der Waals surface area contributed by atoms with Gasteiger partial charge >= 0.3 is 5.97 Å². The number of hydrogen-bond donors (Lipinski definition) is 4. The third kappa shape index (κ3) is 4.44. The van der Waals surface area contributed by atoms with Gasteiger partial charge in [0.2, 0.25) is 6.29 Å². The van der Waals surface area contributed by atoms with Gasteiger partial charge in [-0.3, -0.25) is 0 Å². The molecule has 2 aliphatic rings. The van der Waals surface area contributed by atoms with Gasteiger partial charge < -0.3 is 34.6 Å². The summed E-state index contributed by atoms with van der Waals surface area (Å²) in [5.74, 6) is 0.435. The molecule has 1 saturated carbocycles. The molecule has 2 aromatic rings. The van der Waals surface area contributed by atoms with Crippen LogP contribution in [0.15, 0.2) is 42.5 Å². The predicted molar refractivity (Wildman–Crippen MR) is 110 cm³/mol. The Balaban J connectivity index is 1.58. The highest BCUT2D eigenvalue weighted by molar-refractivity contribution is 5.90. The van der Waals surface area contributed by atoms with Crippen LogP contribution in [0.1, 0.15) is 34.7 Å². The summed E-state index contributed by atoms with van der Waals surface area (Å²) in [6.45, 7) is -0.513. The fourth-order valence-corrected chi connectivity index (χ4v) is 3.76. The molecule has 0 aromatic heterocycles. The molecule has 1 aliphatic carbocycles. The predicted octanol–water partition coefficient (Wildman–Crippen LogP) is 1.20. The van der Waals surface area contributed by atoms with Gasteiger partial charge in [-0.2, -0.15) is 0 Å².